The Labute approximate surface area is 119 Å². The lowest BCUT2D eigenvalue weighted by atomic mass is 10.3. The monoisotopic (exact) mass is 309 g/mol. The minimum absolute atomic E-state index is 0.0127. The molecule has 3 nitrogen and oxygen atoms in total. The Morgan fingerprint density at radius 2 is 2.06 bits per heavy atom. The Balaban J connectivity index is 3.22. The maximum absolute atomic E-state index is 12.6. The van der Waals surface area contributed by atoms with Crippen molar-refractivity contribution in [3.63, 3.8) is 0 Å². The van der Waals surface area contributed by atoms with Crippen LogP contribution in [-0.2, 0) is 15.9 Å². The zero-order valence-corrected chi connectivity index (χ0v) is 13.6. The van der Waals surface area contributed by atoms with Crippen molar-refractivity contribution < 1.29 is 8.42 Å². The van der Waals surface area contributed by atoms with Crippen LogP contribution in [0.4, 0.5) is 0 Å². The number of rotatable bonds is 6. The third kappa shape index (κ3) is 3.07. The molecule has 0 amide bonds. The molecule has 0 saturated heterocycles. The van der Waals surface area contributed by atoms with Gasteiger partial charge >= 0.3 is 0 Å². The first-order valence-corrected chi connectivity index (χ1v) is 8.84. The van der Waals surface area contributed by atoms with E-state index in [4.69, 9.17) is 11.6 Å². The van der Waals surface area contributed by atoms with Crippen LogP contribution in [0.2, 0.25) is 0 Å². The maximum Gasteiger partial charge on any atom is 0.244 e. The summed E-state index contributed by atoms with van der Waals surface area (Å²) >= 11 is 7.22. The van der Waals surface area contributed by atoms with Gasteiger partial charge in [-0.05, 0) is 26.3 Å². The van der Waals surface area contributed by atoms with E-state index >= 15 is 0 Å². The molecular formula is C12H20ClNO2S2. The van der Waals surface area contributed by atoms with Gasteiger partial charge in [0.05, 0.1) is 10.8 Å². The average molecular weight is 310 g/mol. The molecule has 1 atom stereocenters. The van der Waals surface area contributed by atoms with Gasteiger partial charge in [-0.1, -0.05) is 13.8 Å². The molecular weight excluding hydrogens is 290 g/mol. The number of alkyl halides is 1. The molecule has 104 valence electrons. The number of thiophene rings is 1. The van der Waals surface area contributed by atoms with Crippen LogP contribution in [0.25, 0.3) is 0 Å². The highest BCUT2D eigenvalue weighted by atomic mass is 35.5. The zero-order chi connectivity index (χ0) is 13.9. The topological polar surface area (TPSA) is 37.4 Å². The third-order valence-electron chi connectivity index (χ3n) is 3.04. The molecule has 0 aliphatic carbocycles. The van der Waals surface area contributed by atoms with Crippen LogP contribution in [-0.4, -0.2) is 25.3 Å². The first-order chi connectivity index (χ1) is 8.38. The van der Waals surface area contributed by atoms with E-state index in [0.717, 1.165) is 16.2 Å². The van der Waals surface area contributed by atoms with Crippen LogP contribution in [0.3, 0.4) is 0 Å². The number of hydrogen-bond donors (Lipinski definition) is 0. The molecule has 18 heavy (non-hydrogen) atoms. The summed E-state index contributed by atoms with van der Waals surface area (Å²) < 4.78 is 26.8. The van der Waals surface area contributed by atoms with Gasteiger partial charge in [0, 0.05) is 22.3 Å². The van der Waals surface area contributed by atoms with E-state index in [-0.39, 0.29) is 6.04 Å². The fourth-order valence-electron chi connectivity index (χ4n) is 1.89. The largest absolute Gasteiger partial charge is 0.244 e. The minimum atomic E-state index is -3.40. The Bertz CT molecular complexity index is 496. The van der Waals surface area contributed by atoms with Crippen molar-refractivity contribution in [2.24, 2.45) is 0 Å². The highest BCUT2D eigenvalue weighted by Gasteiger charge is 2.29. The highest BCUT2D eigenvalue weighted by Crippen LogP contribution is 2.30. The molecule has 1 rings (SSSR count). The van der Waals surface area contributed by atoms with Crippen molar-refractivity contribution >= 4 is 33.0 Å². The summed E-state index contributed by atoms with van der Waals surface area (Å²) in [7, 11) is -3.40. The van der Waals surface area contributed by atoms with E-state index in [0.29, 0.717) is 17.3 Å². The fraction of sp³-hybridized carbons (Fsp3) is 0.667. The van der Waals surface area contributed by atoms with Gasteiger partial charge in [0.2, 0.25) is 10.0 Å². The molecule has 0 radical (unpaired) electrons. The molecule has 0 aromatic carbocycles. The molecule has 1 aromatic heterocycles. The summed E-state index contributed by atoms with van der Waals surface area (Å²) in [5.74, 6) is 0.358. The molecule has 0 aliphatic rings. The smallest absolute Gasteiger partial charge is 0.207 e. The van der Waals surface area contributed by atoms with Gasteiger partial charge in [-0.3, -0.25) is 0 Å². The Kier molecular flexibility index (Phi) is 5.65. The lowest BCUT2D eigenvalue weighted by Crippen LogP contribution is -2.38. The van der Waals surface area contributed by atoms with Crippen molar-refractivity contribution in [2.75, 3.05) is 6.54 Å². The number of hydrogen-bond acceptors (Lipinski definition) is 3. The molecule has 1 unspecified atom stereocenters. The first-order valence-electron chi connectivity index (χ1n) is 6.05. The van der Waals surface area contributed by atoms with Crippen molar-refractivity contribution in [2.45, 2.75) is 50.9 Å². The Morgan fingerprint density at radius 3 is 2.44 bits per heavy atom. The van der Waals surface area contributed by atoms with Crippen LogP contribution >= 0.6 is 22.9 Å². The molecule has 6 heteroatoms. The van der Waals surface area contributed by atoms with Crippen LogP contribution < -0.4 is 0 Å². The second-order valence-electron chi connectivity index (χ2n) is 4.23. The SMILES string of the molecule is CCC(C)N(CC)S(=O)(=O)c1cc(CCl)sc1C. The molecule has 0 N–H and O–H groups in total. The molecule has 0 aliphatic heterocycles. The van der Waals surface area contributed by atoms with Crippen LogP contribution in [0.15, 0.2) is 11.0 Å². The van der Waals surface area contributed by atoms with Crippen LogP contribution in [0.1, 0.15) is 36.9 Å². The predicted molar refractivity (Wildman–Crippen MR) is 77.9 cm³/mol. The average Bonchev–Trinajstić information content (AvgIpc) is 2.71. The number of sulfonamides is 1. The Hall–Kier alpha value is -0.100. The van der Waals surface area contributed by atoms with E-state index in [1.165, 1.54) is 11.3 Å². The van der Waals surface area contributed by atoms with Gasteiger partial charge in [0.1, 0.15) is 0 Å². The number of nitrogens with zero attached hydrogens (tertiary/aromatic N) is 1. The van der Waals surface area contributed by atoms with Gasteiger partial charge in [0.25, 0.3) is 0 Å². The first kappa shape index (κ1) is 16.0. The predicted octanol–water partition coefficient (Wildman–Crippen LogP) is 3.60. The second-order valence-corrected chi connectivity index (χ2v) is 7.70. The molecule has 1 heterocycles. The van der Waals surface area contributed by atoms with Gasteiger partial charge in [0.15, 0.2) is 0 Å². The zero-order valence-electron chi connectivity index (χ0n) is 11.2. The summed E-state index contributed by atoms with van der Waals surface area (Å²) in [6.07, 6.45) is 0.804. The number of halogens is 1. The van der Waals surface area contributed by atoms with E-state index in [2.05, 4.69) is 0 Å². The summed E-state index contributed by atoms with van der Waals surface area (Å²) in [6, 6.07) is 1.71. The molecule has 0 saturated carbocycles. The minimum Gasteiger partial charge on any atom is -0.207 e. The summed E-state index contributed by atoms with van der Waals surface area (Å²) in [5.41, 5.74) is 0. The van der Waals surface area contributed by atoms with Crippen molar-refractivity contribution in [3.8, 4) is 0 Å². The van der Waals surface area contributed by atoms with Gasteiger partial charge in [-0.25, -0.2) is 8.42 Å². The van der Waals surface area contributed by atoms with Crippen molar-refractivity contribution in [3.05, 3.63) is 15.8 Å². The van der Waals surface area contributed by atoms with Crippen LogP contribution in [0.5, 0.6) is 0 Å². The lowest BCUT2D eigenvalue weighted by Gasteiger charge is -2.26. The second kappa shape index (κ2) is 6.37. The van der Waals surface area contributed by atoms with E-state index < -0.39 is 10.0 Å². The summed E-state index contributed by atoms with van der Waals surface area (Å²) in [5, 5.41) is 0. The van der Waals surface area contributed by atoms with Gasteiger partial charge in [-0.2, -0.15) is 4.31 Å². The van der Waals surface area contributed by atoms with E-state index in [1.807, 2.05) is 27.7 Å². The van der Waals surface area contributed by atoms with Crippen molar-refractivity contribution in [1.82, 2.24) is 4.31 Å². The lowest BCUT2D eigenvalue weighted by molar-refractivity contribution is 0.342. The molecule has 0 spiro atoms. The quantitative estimate of drug-likeness (QED) is 0.753. The summed E-state index contributed by atoms with van der Waals surface area (Å²) in [4.78, 5) is 2.12. The van der Waals surface area contributed by atoms with Crippen molar-refractivity contribution in [1.29, 1.82) is 0 Å². The maximum atomic E-state index is 12.6. The normalized spacial score (nSPS) is 14.1. The molecule has 0 fully saturated rings. The van der Waals surface area contributed by atoms with E-state index in [9.17, 15) is 8.42 Å². The molecule has 1 aromatic rings. The van der Waals surface area contributed by atoms with Gasteiger partial charge < -0.3 is 0 Å². The highest BCUT2D eigenvalue weighted by molar-refractivity contribution is 7.89. The summed E-state index contributed by atoms with van der Waals surface area (Å²) in [6.45, 7) is 8.12. The number of aryl methyl sites for hydroxylation is 1. The fourth-order valence-corrected chi connectivity index (χ4v) is 5.31. The standard InChI is InChI=1S/C12H20ClNO2S2/c1-5-9(3)14(6-2)18(15,16)12-7-11(8-13)17-10(12)4/h7,9H,5-6,8H2,1-4H3. The van der Waals surface area contributed by atoms with Gasteiger partial charge in [-0.15, -0.1) is 22.9 Å². The Morgan fingerprint density at radius 1 is 1.44 bits per heavy atom. The third-order valence-corrected chi connectivity index (χ3v) is 6.88. The van der Waals surface area contributed by atoms with Crippen LogP contribution in [0, 0.1) is 6.92 Å². The van der Waals surface area contributed by atoms with E-state index in [1.54, 1.807) is 10.4 Å². The molecule has 0 bridgehead atoms.